The zero-order chi connectivity index (χ0) is 9.84. The van der Waals surface area contributed by atoms with E-state index in [1.807, 2.05) is 6.92 Å². The lowest BCUT2D eigenvalue weighted by molar-refractivity contribution is 0.647. The Morgan fingerprint density at radius 2 is 2.00 bits per heavy atom. The summed E-state index contributed by atoms with van der Waals surface area (Å²) in [6, 6.07) is 0. The maximum atomic E-state index is 6.15. The van der Waals surface area contributed by atoms with Crippen molar-refractivity contribution < 1.29 is 0 Å². The van der Waals surface area contributed by atoms with Crippen LogP contribution in [0.3, 0.4) is 0 Å². The van der Waals surface area contributed by atoms with Gasteiger partial charge in [-0.25, -0.2) is 0 Å². The van der Waals surface area contributed by atoms with Crippen molar-refractivity contribution in [2.24, 2.45) is 0 Å². The van der Waals surface area contributed by atoms with Crippen LogP contribution in [0.5, 0.6) is 0 Å². The summed E-state index contributed by atoms with van der Waals surface area (Å²) in [5.41, 5.74) is 2.00. The van der Waals surface area contributed by atoms with Crippen LogP contribution in [0.1, 0.15) is 37.6 Å². The molecular weight excluding hydrogens is 184 g/mol. The summed E-state index contributed by atoms with van der Waals surface area (Å²) in [6.07, 6.45) is 4.39. The highest BCUT2D eigenvalue weighted by molar-refractivity contribution is 6.21. The van der Waals surface area contributed by atoms with E-state index in [-0.39, 0.29) is 11.3 Å². The summed E-state index contributed by atoms with van der Waals surface area (Å²) in [4.78, 5) is 8.50. The molecule has 1 heterocycles. The molecular formula is C10H15ClN2. The molecule has 13 heavy (non-hydrogen) atoms. The fraction of sp³-hybridized carbons (Fsp3) is 0.600. The van der Waals surface area contributed by atoms with Gasteiger partial charge in [-0.15, -0.1) is 11.6 Å². The van der Waals surface area contributed by atoms with E-state index in [9.17, 15) is 0 Å². The Morgan fingerprint density at radius 3 is 2.54 bits per heavy atom. The van der Waals surface area contributed by atoms with Gasteiger partial charge in [0.05, 0.1) is 11.4 Å². The maximum absolute atomic E-state index is 6.15. The van der Waals surface area contributed by atoms with Gasteiger partial charge in [0.2, 0.25) is 0 Å². The first-order valence-corrected chi connectivity index (χ1v) is 5.02. The molecule has 2 unspecified atom stereocenters. The molecule has 0 aliphatic carbocycles. The molecule has 0 aliphatic heterocycles. The third kappa shape index (κ3) is 2.41. The summed E-state index contributed by atoms with van der Waals surface area (Å²) in [5, 5.41) is 0.149. The Morgan fingerprint density at radius 1 is 1.38 bits per heavy atom. The second kappa shape index (κ2) is 4.56. The molecule has 0 radical (unpaired) electrons. The van der Waals surface area contributed by atoms with Crippen LogP contribution in [0.2, 0.25) is 0 Å². The van der Waals surface area contributed by atoms with Crippen molar-refractivity contribution in [3.05, 3.63) is 23.8 Å². The molecule has 0 spiro atoms. The Kier molecular flexibility index (Phi) is 3.67. The van der Waals surface area contributed by atoms with E-state index in [2.05, 4.69) is 23.8 Å². The largest absolute Gasteiger partial charge is 0.258 e. The van der Waals surface area contributed by atoms with E-state index in [0.717, 1.165) is 17.8 Å². The second-order valence-corrected chi connectivity index (χ2v) is 3.80. The zero-order valence-electron chi connectivity index (χ0n) is 8.29. The van der Waals surface area contributed by atoms with Gasteiger partial charge in [0.15, 0.2) is 0 Å². The van der Waals surface area contributed by atoms with Gasteiger partial charge in [-0.2, -0.15) is 0 Å². The first kappa shape index (κ1) is 10.5. The van der Waals surface area contributed by atoms with Crippen molar-refractivity contribution in [1.29, 1.82) is 0 Å². The predicted molar refractivity (Wildman–Crippen MR) is 55.1 cm³/mol. The van der Waals surface area contributed by atoms with Crippen LogP contribution in [0.25, 0.3) is 0 Å². The number of halogens is 1. The Bertz CT molecular complexity index is 275. The minimum atomic E-state index is 0.149. The third-order valence-electron chi connectivity index (χ3n) is 2.28. The number of aryl methyl sites for hydroxylation is 1. The van der Waals surface area contributed by atoms with Gasteiger partial charge in [0.1, 0.15) is 0 Å². The number of rotatable bonds is 3. The van der Waals surface area contributed by atoms with Gasteiger partial charge in [0.25, 0.3) is 0 Å². The molecule has 0 saturated heterocycles. The fourth-order valence-electron chi connectivity index (χ4n) is 1.39. The number of alkyl halides is 1. The number of hydrogen-bond donors (Lipinski definition) is 0. The number of nitrogens with zero attached hydrogens (tertiary/aromatic N) is 2. The SMILES string of the molecule is CCC(Cl)C(C)c1nccnc1C. The van der Waals surface area contributed by atoms with Crippen LogP contribution >= 0.6 is 11.6 Å². The van der Waals surface area contributed by atoms with Gasteiger partial charge in [-0.05, 0) is 13.3 Å². The number of hydrogen-bond acceptors (Lipinski definition) is 2. The Hall–Kier alpha value is -0.630. The topological polar surface area (TPSA) is 25.8 Å². The smallest absolute Gasteiger partial charge is 0.0658 e. The molecule has 0 saturated carbocycles. The van der Waals surface area contributed by atoms with Crippen LogP contribution in [0, 0.1) is 6.92 Å². The molecule has 72 valence electrons. The lowest BCUT2D eigenvalue weighted by Gasteiger charge is -2.16. The van der Waals surface area contributed by atoms with Crippen molar-refractivity contribution in [2.45, 2.75) is 38.5 Å². The lowest BCUT2D eigenvalue weighted by atomic mass is 10.00. The van der Waals surface area contributed by atoms with Crippen molar-refractivity contribution >= 4 is 11.6 Å². The molecule has 1 aromatic rings. The summed E-state index contributed by atoms with van der Waals surface area (Å²) in [6.45, 7) is 6.15. The van der Waals surface area contributed by atoms with Crippen molar-refractivity contribution in [2.75, 3.05) is 0 Å². The molecule has 0 fully saturated rings. The molecule has 0 bridgehead atoms. The van der Waals surface area contributed by atoms with Crippen LogP contribution < -0.4 is 0 Å². The highest BCUT2D eigenvalue weighted by atomic mass is 35.5. The van der Waals surface area contributed by atoms with E-state index >= 15 is 0 Å². The van der Waals surface area contributed by atoms with Crippen molar-refractivity contribution in [1.82, 2.24) is 9.97 Å². The summed E-state index contributed by atoms with van der Waals surface area (Å²) in [7, 11) is 0. The van der Waals surface area contributed by atoms with Crippen molar-refractivity contribution in [3.63, 3.8) is 0 Å². The van der Waals surface area contributed by atoms with Crippen LogP contribution in [0.15, 0.2) is 12.4 Å². The Balaban J connectivity index is 2.88. The first-order chi connectivity index (χ1) is 6.16. The van der Waals surface area contributed by atoms with E-state index in [1.165, 1.54) is 0 Å². The van der Waals surface area contributed by atoms with E-state index in [1.54, 1.807) is 12.4 Å². The minimum absolute atomic E-state index is 0.149. The lowest BCUT2D eigenvalue weighted by Crippen LogP contribution is -2.12. The highest BCUT2D eigenvalue weighted by Crippen LogP contribution is 2.24. The second-order valence-electron chi connectivity index (χ2n) is 3.24. The highest BCUT2D eigenvalue weighted by Gasteiger charge is 2.17. The molecule has 1 aromatic heterocycles. The monoisotopic (exact) mass is 198 g/mol. The zero-order valence-corrected chi connectivity index (χ0v) is 9.04. The van der Waals surface area contributed by atoms with Gasteiger partial charge in [0, 0.05) is 23.7 Å². The molecule has 1 rings (SSSR count). The van der Waals surface area contributed by atoms with E-state index in [0.29, 0.717) is 0 Å². The van der Waals surface area contributed by atoms with Crippen LogP contribution in [-0.4, -0.2) is 15.3 Å². The summed E-state index contributed by atoms with van der Waals surface area (Å²) >= 11 is 6.15. The third-order valence-corrected chi connectivity index (χ3v) is 2.97. The quantitative estimate of drug-likeness (QED) is 0.698. The average Bonchev–Trinajstić information content (AvgIpc) is 2.16. The minimum Gasteiger partial charge on any atom is -0.258 e. The molecule has 0 amide bonds. The van der Waals surface area contributed by atoms with Gasteiger partial charge in [-0.1, -0.05) is 13.8 Å². The van der Waals surface area contributed by atoms with E-state index < -0.39 is 0 Å². The Labute approximate surface area is 84.4 Å². The molecule has 3 heteroatoms. The fourth-order valence-corrected chi connectivity index (χ4v) is 1.51. The van der Waals surface area contributed by atoms with E-state index in [4.69, 9.17) is 11.6 Å². The van der Waals surface area contributed by atoms with Crippen molar-refractivity contribution in [3.8, 4) is 0 Å². The first-order valence-electron chi connectivity index (χ1n) is 4.58. The molecule has 0 aliphatic rings. The molecule has 2 nitrogen and oxygen atoms in total. The van der Waals surface area contributed by atoms with Crippen LogP contribution in [-0.2, 0) is 0 Å². The van der Waals surface area contributed by atoms with Gasteiger partial charge < -0.3 is 0 Å². The molecule has 0 aromatic carbocycles. The summed E-state index contributed by atoms with van der Waals surface area (Å²) < 4.78 is 0. The predicted octanol–water partition coefficient (Wildman–Crippen LogP) is 2.91. The molecule has 2 atom stereocenters. The summed E-state index contributed by atoms with van der Waals surface area (Å²) in [5.74, 6) is 0.278. The normalized spacial score (nSPS) is 15.4. The van der Waals surface area contributed by atoms with Crippen LogP contribution in [0.4, 0.5) is 0 Å². The molecule has 0 N–H and O–H groups in total. The average molecular weight is 199 g/mol. The van der Waals surface area contributed by atoms with Gasteiger partial charge >= 0.3 is 0 Å². The number of aromatic nitrogens is 2. The van der Waals surface area contributed by atoms with Gasteiger partial charge in [-0.3, -0.25) is 9.97 Å². The standard InChI is InChI=1S/C10H15ClN2/c1-4-9(11)7(2)10-8(3)12-5-6-13-10/h5-7,9H,4H2,1-3H3. The maximum Gasteiger partial charge on any atom is 0.0658 e.